The Hall–Kier alpha value is -3.22. The van der Waals surface area contributed by atoms with Crippen molar-refractivity contribution < 1.29 is 23.5 Å². The van der Waals surface area contributed by atoms with Gasteiger partial charge in [-0.15, -0.1) is 0 Å². The molecule has 0 aliphatic carbocycles. The zero-order chi connectivity index (χ0) is 19.6. The maximum atomic E-state index is 13.5. The molecule has 27 heavy (non-hydrogen) atoms. The second kappa shape index (κ2) is 10.1. The zero-order valence-corrected chi connectivity index (χ0v) is 15.0. The Morgan fingerprint density at radius 3 is 2.41 bits per heavy atom. The van der Waals surface area contributed by atoms with Crippen LogP contribution in [0.2, 0.25) is 0 Å². The molecule has 7 heteroatoms. The first-order chi connectivity index (χ1) is 12.9. The number of amides is 2. The molecular weight excluding hydrogens is 351 g/mol. The first-order valence-electron chi connectivity index (χ1n) is 8.46. The van der Waals surface area contributed by atoms with Crippen LogP contribution in [-0.2, 0) is 32.0 Å². The van der Waals surface area contributed by atoms with Crippen LogP contribution in [0.25, 0.3) is 0 Å². The number of carbonyl (C=O) groups is 3. The van der Waals surface area contributed by atoms with E-state index in [4.69, 9.17) is 4.74 Å². The molecule has 0 saturated heterocycles. The van der Waals surface area contributed by atoms with Gasteiger partial charge in [-0.25, -0.2) is 4.39 Å². The molecule has 2 aromatic rings. The predicted molar refractivity (Wildman–Crippen MR) is 98.5 cm³/mol. The summed E-state index contributed by atoms with van der Waals surface area (Å²) in [6.45, 7) is 1.27. The third-order valence-electron chi connectivity index (χ3n) is 3.66. The average Bonchev–Trinajstić information content (AvgIpc) is 2.63. The minimum absolute atomic E-state index is 0.0167. The van der Waals surface area contributed by atoms with Crippen LogP contribution in [-0.4, -0.2) is 30.9 Å². The number of anilines is 1. The van der Waals surface area contributed by atoms with E-state index in [1.165, 1.54) is 13.0 Å². The van der Waals surface area contributed by atoms with Crippen LogP contribution in [0.4, 0.5) is 10.1 Å². The molecular formula is C20H21FN2O4. The quantitative estimate of drug-likeness (QED) is 0.696. The maximum absolute atomic E-state index is 13.5. The zero-order valence-electron chi connectivity index (χ0n) is 15.0. The fourth-order valence-electron chi connectivity index (χ4n) is 2.36. The number of esters is 1. The van der Waals surface area contributed by atoms with Crippen molar-refractivity contribution in [3.8, 4) is 0 Å². The van der Waals surface area contributed by atoms with E-state index in [-0.39, 0.29) is 31.3 Å². The normalized spacial score (nSPS) is 10.1. The van der Waals surface area contributed by atoms with E-state index in [1.54, 1.807) is 42.5 Å². The molecule has 0 heterocycles. The third kappa shape index (κ3) is 7.27. The summed E-state index contributed by atoms with van der Waals surface area (Å²) in [5, 5.41) is 5.21. The van der Waals surface area contributed by atoms with E-state index in [1.807, 2.05) is 0 Å². The van der Waals surface area contributed by atoms with Crippen LogP contribution in [0.5, 0.6) is 0 Å². The summed E-state index contributed by atoms with van der Waals surface area (Å²) in [6, 6.07) is 13.1. The molecule has 0 bridgehead atoms. The van der Waals surface area contributed by atoms with Gasteiger partial charge >= 0.3 is 5.97 Å². The molecule has 142 valence electrons. The number of benzene rings is 2. The Labute approximate surface area is 156 Å². The lowest BCUT2D eigenvalue weighted by molar-refractivity contribution is -0.147. The van der Waals surface area contributed by atoms with Crippen molar-refractivity contribution in [1.82, 2.24) is 5.32 Å². The van der Waals surface area contributed by atoms with Crippen molar-refractivity contribution in [2.45, 2.75) is 19.8 Å². The van der Waals surface area contributed by atoms with Gasteiger partial charge in [0.1, 0.15) is 5.82 Å². The van der Waals surface area contributed by atoms with Crippen molar-refractivity contribution in [3.05, 3.63) is 65.5 Å². The van der Waals surface area contributed by atoms with E-state index in [9.17, 15) is 18.8 Å². The SMILES string of the molecule is CC(=O)Nc1ccc(CC(=O)OCC(=O)NCCc2ccccc2F)cc1. The van der Waals surface area contributed by atoms with E-state index in [2.05, 4.69) is 10.6 Å². The van der Waals surface area contributed by atoms with Crippen LogP contribution in [0.15, 0.2) is 48.5 Å². The van der Waals surface area contributed by atoms with E-state index >= 15 is 0 Å². The summed E-state index contributed by atoms with van der Waals surface area (Å²) in [6.07, 6.45) is 0.371. The average molecular weight is 372 g/mol. The van der Waals surface area contributed by atoms with Gasteiger partial charge in [-0.1, -0.05) is 30.3 Å². The highest BCUT2D eigenvalue weighted by molar-refractivity contribution is 5.88. The van der Waals surface area contributed by atoms with Crippen molar-refractivity contribution >= 4 is 23.5 Å². The number of hydrogen-bond acceptors (Lipinski definition) is 4. The Morgan fingerprint density at radius 1 is 1.04 bits per heavy atom. The van der Waals surface area contributed by atoms with Gasteiger partial charge in [-0.3, -0.25) is 14.4 Å². The number of carbonyl (C=O) groups excluding carboxylic acids is 3. The van der Waals surface area contributed by atoms with Gasteiger partial charge < -0.3 is 15.4 Å². The summed E-state index contributed by atoms with van der Waals surface area (Å²) >= 11 is 0. The molecule has 2 aromatic carbocycles. The minimum Gasteiger partial charge on any atom is -0.455 e. The van der Waals surface area contributed by atoms with Gasteiger partial charge in [-0.2, -0.15) is 0 Å². The molecule has 0 spiro atoms. The van der Waals surface area contributed by atoms with Crippen LogP contribution in [0.1, 0.15) is 18.1 Å². The molecule has 2 N–H and O–H groups in total. The molecule has 0 saturated carbocycles. The molecule has 2 amide bonds. The monoisotopic (exact) mass is 372 g/mol. The number of rotatable bonds is 8. The van der Waals surface area contributed by atoms with Crippen molar-refractivity contribution in [2.75, 3.05) is 18.5 Å². The highest BCUT2D eigenvalue weighted by Gasteiger charge is 2.09. The summed E-state index contributed by atoms with van der Waals surface area (Å²) < 4.78 is 18.4. The van der Waals surface area contributed by atoms with Crippen molar-refractivity contribution in [3.63, 3.8) is 0 Å². The van der Waals surface area contributed by atoms with Gasteiger partial charge in [0, 0.05) is 19.2 Å². The lowest BCUT2D eigenvalue weighted by atomic mass is 10.1. The Bertz CT molecular complexity index is 806. The lowest BCUT2D eigenvalue weighted by Crippen LogP contribution is -2.30. The second-order valence-electron chi connectivity index (χ2n) is 5.91. The summed E-state index contributed by atoms with van der Waals surface area (Å²) in [5.74, 6) is -1.47. The smallest absolute Gasteiger partial charge is 0.310 e. The molecule has 0 aliphatic rings. The molecule has 2 rings (SSSR count). The summed E-state index contributed by atoms with van der Waals surface area (Å²) in [5.41, 5.74) is 1.85. The minimum atomic E-state index is -0.536. The number of ether oxygens (including phenoxy) is 1. The molecule has 0 aromatic heterocycles. The van der Waals surface area contributed by atoms with Crippen molar-refractivity contribution in [1.29, 1.82) is 0 Å². The second-order valence-corrected chi connectivity index (χ2v) is 5.91. The topological polar surface area (TPSA) is 84.5 Å². The standard InChI is InChI=1S/C20H21FN2O4/c1-14(24)23-17-8-6-15(7-9-17)12-20(26)27-13-19(25)22-11-10-16-4-2-3-5-18(16)21/h2-9H,10-13H2,1H3,(H,22,25)(H,23,24). The van der Waals surface area contributed by atoms with Crippen molar-refractivity contribution in [2.24, 2.45) is 0 Å². The largest absolute Gasteiger partial charge is 0.455 e. The fraction of sp³-hybridized carbons (Fsp3) is 0.250. The maximum Gasteiger partial charge on any atom is 0.310 e. The molecule has 0 aliphatic heterocycles. The van der Waals surface area contributed by atoms with Crippen LogP contribution >= 0.6 is 0 Å². The van der Waals surface area contributed by atoms with Gasteiger partial charge in [0.25, 0.3) is 5.91 Å². The first-order valence-corrected chi connectivity index (χ1v) is 8.46. The van der Waals surface area contributed by atoms with Gasteiger partial charge in [0.2, 0.25) is 5.91 Å². The molecule has 6 nitrogen and oxygen atoms in total. The highest BCUT2D eigenvalue weighted by atomic mass is 19.1. The van der Waals surface area contributed by atoms with Gasteiger partial charge in [-0.05, 0) is 35.7 Å². The van der Waals surface area contributed by atoms with E-state index < -0.39 is 11.9 Å². The Balaban J connectivity index is 1.68. The lowest BCUT2D eigenvalue weighted by Gasteiger charge is -2.08. The third-order valence-corrected chi connectivity index (χ3v) is 3.66. The highest BCUT2D eigenvalue weighted by Crippen LogP contribution is 2.10. The van der Waals surface area contributed by atoms with E-state index in [0.717, 1.165) is 0 Å². The van der Waals surface area contributed by atoms with E-state index in [0.29, 0.717) is 23.2 Å². The summed E-state index contributed by atoms with van der Waals surface area (Å²) in [4.78, 5) is 34.5. The van der Waals surface area contributed by atoms with Gasteiger partial charge in [0.15, 0.2) is 6.61 Å². The first kappa shape index (κ1) is 20.1. The Morgan fingerprint density at radius 2 is 1.74 bits per heavy atom. The molecule has 0 radical (unpaired) electrons. The molecule has 0 unspecified atom stereocenters. The summed E-state index contributed by atoms with van der Waals surface area (Å²) in [7, 11) is 0. The van der Waals surface area contributed by atoms with Crippen LogP contribution in [0.3, 0.4) is 0 Å². The Kier molecular flexibility index (Phi) is 7.49. The number of nitrogens with one attached hydrogen (secondary N) is 2. The van der Waals surface area contributed by atoms with Crippen LogP contribution in [0, 0.1) is 5.82 Å². The number of hydrogen-bond donors (Lipinski definition) is 2. The molecule has 0 fully saturated rings. The molecule has 0 atom stereocenters. The van der Waals surface area contributed by atoms with Crippen LogP contribution < -0.4 is 10.6 Å². The fourth-order valence-corrected chi connectivity index (χ4v) is 2.36. The predicted octanol–water partition coefficient (Wildman–Crippen LogP) is 2.23. The van der Waals surface area contributed by atoms with Gasteiger partial charge in [0.05, 0.1) is 6.42 Å². The number of halogens is 1.